The van der Waals surface area contributed by atoms with Crippen LogP contribution < -0.4 is 5.32 Å². The van der Waals surface area contributed by atoms with E-state index < -0.39 is 5.97 Å². The van der Waals surface area contributed by atoms with Crippen LogP contribution in [-0.2, 0) is 4.79 Å². The fourth-order valence-corrected chi connectivity index (χ4v) is 2.87. The van der Waals surface area contributed by atoms with Crippen LogP contribution in [-0.4, -0.2) is 47.7 Å². The molecule has 18 heavy (non-hydrogen) atoms. The molecule has 2 N–H and O–H groups in total. The minimum atomic E-state index is -0.721. The van der Waals surface area contributed by atoms with Crippen molar-refractivity contribution in [2.75, 3.05) is 19.6 Å². The van der Waals surface area contributed by atoms with E-state index >= 15 is 0 Å². The molecule has 1 aliphatic heterocycles. The second kappa shape index (κ2) is 8.48. The van der Waals surface area contributed by atoms with Gasteiger partial charge in [0.05, 0.1) is 0 Å². The van der Waals surface area contributed by atoms with Crippen LogP contribution in [0.25, 0.3) is 0 Å². The van der Waals surface area contributed by atoms with Crippen LogP contribution in [0.1, 0.15) is 52.4 Å². The number of nitrogens with zero attached hydrogens (tertiary/aromatic N) is 1. The summed E-state index contributed by atoms with van der Waals surface area (Å²) in [6.45, 7) is 6.95. The van der Waals surface area contributed by atoms with Crippen LogP contribution in [0.5, 0.6) is 0 Å². The van der Waals surface area contributed by atoms with Crippen molar-refractivity contribution in [3.63, 3.8) is 0 Å². The van der Waals surface area contributed by atoms with Gasteiger partial charge >= 0.3 is 5.97 Å². The van der Waals surface area contributed by atoms with Crippen molar-refractivity contribution in [1.29, 1.82) is 0 Å². The van der Waals surface area contributed by atoms with Gasteiger partial charge in [0.2, 0.25) is 0 Å². The number of carboxylic acids is 1. The molecule has 1 saturated heterocycles. The molecule has 0 amide bonds. The molecule has 4 heteroatoms. The number of likely N-dealkylation sites (N-methyl/N-ethyl adjacent to an activating group) is 1. The Labute approximate surface area is 111 Å². The number of carbonyl (C=O) groups is 1. The number of carboxylic acid groups (broad SMARTS) is 1. The highest BCUT2D eigenvalue weighted by molar-refractivity contribution is 5.73. The first kappa shape index (κ1) is 15.4. The van der Waals surface area contributed by atoms with Gasteiger partial charge in [-0.1, -0.05) is 26.7 Å². The summed E-state index contributed by atoms with van der Waals surface area (Å²) in [5.74, 6) is -0.721. The van der Waals surface area contributed by atoms with Crippen LogP contribution in [0.3, 0.4) is 0 Å². The van der Waals surface area contributed by atoms with E-state index in [-0.39, 0.29) is 6.04 Å². The molecule has 1 fully saturated rings. The van der Waals surface area contributed by atoms with E-state index in [1.807, 2.05) is 6.92 Å². The van der Waals surface area contributed by atoms with Crippen molar-refractivity contribution in [3.8, 4) is 0 Å². The average molecular weight is 256 g/mol. The van der Waals surface area contributed by atoms with Gasteiger partial charge in [0, 0.05) is 12.6 Å². The maximum atomic E-state index is 11.1. The summed E-state index contributed by atoms with van der Waals surface area (Å²) in [6, 6.07) is 0.291. The quantitative estimate of drug-likeness (QED) is 0.698. The van der Waals surface area contributed by atoms with E-state index in [9.17, 15) is 4.79 Å². The first-order chi connectivity index (χ1) is 8.69. The maximum Gasteiger partial charge on any atom is 0.320 e. The maximum absolute atomic E-state index is 11.1. The third-order valence-electron chi connectivity index (χ3n) is 3.82. The molecule has 4 nitrogen and oxygen atoms in total. The summed E-state index contributed by atoms with van der Waals surface area (Å²) < 4.78 is 0. The van der Waals surface area contributed by atoms with Gasteiger partial charge in [-0.2, -0.15) is 0 Å². The van der Waals surface area contributed by atoms with Crippen molar-refractivity contribution in [3.05, 3.63) is 0 Å². The van der Waals surface area contributed by atoms with E-state index in [1.54, 1.807) is 0 Å². The molecule has 0 aromatic heterocycles. The second-order valence-corrected chi connectivity index (χ2v) is 5.21. The summed E-state index contributed by atoms with van der Waals surface area (Å²) in [4.78, 5) is 13.6. The zero-order valence-electron chi connectivity index (χ0n) is 11.8. The molecule has 0 spiro atoms. The first-order valence-electron chi connectivity index (χ1n) is 7.39. The highest BCUT2D eigenvalue weighted by atomic mass is 16.4. The Morgan fingerprint density at radius 1 is 1.44 bits per heavy atom. The van der Waals surface area contributed by atoms with Crippen LogP contribution in [0, 0.1) is 0 Å². The fourth-order valence-electron chi connectivity index (χ4n) is 2.87. The molecule has 0 saturated carbocycles. The zero-order valence-corrected chi connectivity index (χ0v) is 11.8. The van der Waals surface area contributed by atoms with Gasteiger partial charge in [-0.3, -0.25) is 4.79 Å². The Balaban J connectivity index is 2.40. The Morgan fingerprint density at radius 2 is 2.22 bits per heavy atom. The third kappa shape index (κ3) is 4.94. The van der Waals surface area contributed by atoms with Crippen LogP contribution in [0.2, 0.25) is 0 Å². The van der Waals surface area contributed by atoms with Gasteiger partial charge in [-0.05, 0) is 38.8 Å². The zero-order chi connectivity index (χ0) is 13.4. The van der Waals surface area contributed by atoms with E-state index in [0.29, 0.717) is 12.5 Å². The number of nitrogens with one attached hydrogen (secondary N) is 1. The Kier molecular flexibility index (Phi) is 7.28. The third-order valence-corrected chi connectivity index (χ3v) is 3.82. The summed E-state index contributed by atoms with van der Waals surface area (Å²) in [7, 11) is 0. The molecule has 0 radical (unpaired) electrons. The van der Waals surface area contributed by atoms with Crippen LogP contribution in [0.15, 0.2) is 0 Å². The average Bonchev–Trinajstić information content (AvgIpc) is 2.36. The standard InChI is InChI=1S/C14H28N2O2/c1-3-7-12-8-5-6-10-16(12)11-9-13(14(17)18)15-4-2/h12-13,15H,3-11H2,1-2H3,(H,17,18). The number of hydrogen-bond donors (Lipinski definition) is 2. The number of hydrogen-bond acceptors (Lipinski definition) is 3. The monoisotopic (exact) mass is 256 g/mol. The molecule has 0 aliphatic carbocycles. The number of rotatable bonds is 8. The normalized spacial score (nSPS) is 22.9. The van der Waals surface area contributed by atoms with Gasteiger partial charge in [0.1, 0.15) is 6.04 Å². The van der Waals surface area contributed by atoms with Gasteiger partial charge in [-0.25, -0.2) is 0 Å². The highest BCUT2D eigenvalue weighted by Gasteiger charge is 2.23. The molecule has 106 valence electrons. The Bertz CT molecular complexity index is 244. The predicted octanol–water partition coefficient (Wildman–Crippen LogP) is 2.09. The first-order valence-corrected chi connectivity index (χ1v) is 7.39. The molecular weight excluding hydrogens is 228 g/mol. The molecule has 0 bridgehead atoms. The number of aliphatic carboxylic acids is 1. The van der Waals surface area contributed by atoms with Gasteiger partial charge < -0.3 is 15.3 Å². The smallest absolute Gasteiger partial charge is 0.320 e. The molecule has 0 aromatic rings. The lowest BCUT2D eigenvalue weighted by atomic mass is 9.97. The van der Waals surface area contributed by atoms with Crippen molar-refractivity contribution in [2.24, 2.45) is 0 Å². The van der Waals surface area contributed by atoms with Crippen LogP contribution >= 0.6 is 0 Å². The predicted molar refractivity (Wildman–Crippen MR) is 73.8 cm³/mol. The summed E-state index contributed by atoms with van der Waals surface area (Å²) in [5.41, 5.74) is 0. The number of likely N-dealkylation sites (tertiary alicyclic amines) is 1. The lowest BCUT2D eigenvalue weighted by molar-refractivity contribution is -0.139. The van der Waals surface area contributed by atoms with Crippen molar-refractivity contribution in [2.45, 2.75) is 64.5 Å². The Hall–Kier alpha value is -0.610. The SMILES string of the molecule is CCCC1CCCCN1CCC(NCC)C(=O)O. The van der Waals surface area contributed by atoms with Crippen LogP contribution in [0.4, 0.5) is 0 Å². The lowest BCUT2D eigenvalue weighted by Crippen LogP contribution is -2.44. The van der Waals surface area contributed by atoms with Gasteiger partial charge in [0.25, 0.3) is 0 Å². The van der Waals surface area contributed by atoms with Crippen molar-refractivity contribution < 1.29 is 9.90 Å². The summed E-state index contributed by atoms with van der Waals surface area (Å²) in [6.07, 6.45) is 7.06. The van der Waals surface area contributed by atoms with E-state index in [4.69, 9.17) is 5.11 Å². The van der Waals surface area contributed by atoms with Crippen molar-refractivity contribution >= 4 is 5.97 Å². The molecule has 1 aliphatic rings. The molecule has 2 unspecified atom stereocenters. The van der Waals surface area contributed by atoms with E-state index in [2.05, 4.69) is 17.1 Å². The van der Waals surface area contributed by atoms with Gasteiger partial charge in [0.15, 0.2) is 0 Å². The molecule has 2 atom stereocenters. The molecule has 0 aromatic carbocycles. The minimum Gasteiger partial charge on any atom is -0.480 e. The van der Waals surface area contributed by atoms with Gasteiger partial charge in [-0.15, -0.1) is 0 Å². The summed E-state index contributed by atoms with van der Waals surface area (Å²) >= 11 is 0. The molecule has 1 heterocycles. The minimum absolute atomic E-state index is 0.390. The largest absolute Gasteiger partial charge is 0.480 e. The molecule has 1 rings (SSSR count). The fraction of sp³-hybridized carbons (Fsp3) is 0.929. The van der Waals surface area contributed by atoms with E-state index in [1.165, 1.54) is 32.1 Å². The highest BCUT2D eigenvalue weighted by Crippen LogP contribution is 2.21. The number of piperidine rings is 1. The lowest BCUT2D eigenvalue weighted by Gasteiger charge is -2.36. The summed E-state index contributed by atoms with van der Waals surface area (Å²) in [5, 5.41) is 12.2. The molecular formula is C14H28N2O2. The Morgan fingerprint density at radius 3 is 2.83 bits per heavy atom. The van der Waals surface area contributed by atoms with E-state index in [0.717, 1.165) is 19.6 Å². The second-order valence-electron chi connectivity index (χ2n) is 5.21. The van der Waals surface area contributed by atoms with Crippen molar-refractivity contribution in [1.82, 2.24) is 10.2 Å². The topological polar surface area (TPSA) is 52.6 Å².